The molecule has 0 radical (unpaired) electrons. The fourth-order valence-electron chi connectivity index (χ4n) is 6.80. The van der Waals surface area contributed by atoms with Crippen LogP contribution in [0.5, 0.6) is 0 Å². The molecule has 2 saturated heterocycles. The molecule has 1 spiro atoms. The zero-order chi connectivity index (χ0) is 24.7. The SMILES string of the molecule is C[C@H]1CN(CC[C@H](C(=O)N2C(=O)OC[C@H]2Cc2ccccc2)C2CC2)CC[C@@]12C=Cc1ccccc12. The van der Waals surface area contributed by atoms with Crippen molar-refractivity contribution in [2.75, 3.05) is 26.2 Å². The molecule has 0 N–H and O–H groups in total. The monoisotopic (exact) mass is 484 g/mol. The van der Waals surface area contributed by atoms with E-state index >= 15 is 0 Å². The van der Waals surface area contributed by atoms with Crippen LogP contribution in [-0.2, 0) is 21.4 Å². The highest BCUT2D eigenvalue weighted by molar-refractivity contribution is 5.95. The van der Waals surface area contributed by atoms with Crippen LogP contribution in [0.2, 0.25) is 0 Å². The Balaban J connectivity index is 1.10. The number of allylic oxidation sites excluding steroid dienone is 1. The van der Waals surface area contributed by atoms with Gasteiger partial charge >= 0.3 is 6.09 Å². The number of amides is 2. The lowest BCUT2D eigenvalue weighted by Crippen LogP contribution is -2.49. The molecule has 2 amide bonds. The molecule has 0 unspecified atom stereocenters. The number of hydrogen-bond acceptors (Lipinski definition) is 4. The van der Waals surface area contributed by atoms with Crippen molar-refractivity contribution in [3.05, 3.63) is 77.4 Å². The molecule has 3 fully saturated rings. The maximum atomic E-state index is 13.7. The summed E-state index contributed by atoms with van der Waals surface area (Å²) in [5.74, 6) is 0.814. The van der Waals surface area contributed by atoms with E-state index in [0.29, 0.717) is 18.3 Å². The third-order valence-corrected chi connectivity index (χ3v) is 9.05. The number of carbonyl (C=O) groups excluding carboxylic acids is 2. The van der Waals surface area contributed by atoms with E-state index < -0.39 is 6.09 Å². The van der Waals surface area contributed by atoms with Crippen LogP contribution in [0.1, 0.15) is 49.3 Å². The Hall–Kier alpha value is -2.92. The summed E-state index contributed by atoms with van der Waals surface area (Å²) in [6.07, 6.45) is 9.02. The van der Waals surface area contributed by atoms with Gasteiger partial charge in [0.25, 0.3) is 0 Å². The number of carbonyl (C=O) groups is 2. The summed E-state index contributed by atoms with van der Waals surface area (Å²) in [6.45, 7) is 5.64. The average Bonchev–Trinajstić information content (AvgIpc) is 3.57. The highest BCUT2D eigenvalue weighted by atomic mass is 16.6. The Kier molecular flexibility index (Phi) is 6.20. The standard InChI is InChI=1S/C31H36N2O3/c1-22-20-32(18-16-31(22)15-13-25-9-5-6-10-28(25)31)17-14-27(24-11-12-24)29(34)33-26(21-36-30(33)35)19-23-7-3-2-4-8-23/h2-10,13,15,22,24,26-27H,11-12,14,16-21H2,1H3/t22-,26+,27-,31-/m0/s1. The van der Waals surface area contributed by atoms with E-state index in [1.165, 1.54) is 16.0 Å². The Morgan fingerprint density at radius 2 is 1.89 bits per heavy atom. The zero-order valence-corrected chi connectivity index (χ0v) is 21.1. The predicted molar refractivity (Wildman–Crippen MR) is 140 cm³/mol. The number of likely N-dealkylation sites (tertiary alicyclic amines) is 1. The largest absolute Gasteiger partial charge is 0.447 e. The van der Waals surface area contributed by atoms with Gasteiger partial charge in [-0.2, -0.15) is 0 Å². The Labute approximate surface area is 214 Å². The number of nitrogens with zero attached hydrogens (tertiary/aromatic N) is 2. The van der Waals surface area contributed by atoms with E-state index in [9.17, 15) is 9.59 Å². The van der Waals surface area contributed by atoms with E-state index in [0.717, 1.165) is 50.9 Å². The van der Waals surface area contributed by atoms with Crippen molar-refractivity contribution >= 4 is 18.1 Å². The van der Waals surface area contributed by atoms with Gasteiger partial charge < -0.3 is 9.64 Å². The fourth-order valence-corrected chi connectivity index (χ4v) is 6.80. The highest BCUT2D eigenvalue weighted by Gasteiger charge is 2.46. The second kappa shape index (κ2) is 9.51. The van der Waals surface area contributed by atoms with Crippen LogP contribution in [-0.4, -0.2) is 54.1 Å². The van der Waals surface area contributed by atoms with Gasteiger partial charge in [-0.1, -0.05) is 73.7 Å². The first-order valence-corrected chi connectivity index (χ1v) is 13.6. The predicted octanol–water partition coefficient (Wildman–Crippen LogP) is 5.30. The quantitative estimate of drug-likeness (QED) is 0.535. The van der Waals surface area contributed by atoms with Crippen LogP contribution in [0, 0.1) is 17.8 Å². The van der Waals surface area contributed by atoms with Crippen LogP contribution in [0.4, 0.5) is 4.79 Å². The molecule has 1 saturated carbocycles. The summed E-state index contributed by atoms with van der Waals surface area (Å²) >= 11 is 0. The van der Waals surface area contributed by atoms with Gasteiger partial charge in [0.2, 0.25) is 5.91 Å². The summed E-state index contributed by atoms with van der Waals surface area (Å²) in [5.41, 5.74) is 4.10. The van der Waals surface area contributed by atoms with E-state index in [2.05, 4.69) is 48.2 Å². The van der Waals surface area contributed by atoms with E-state index in [4.69, 9.17) is 4.74 Å². The van der Waals surface area contributed by atoms with E-state index in [1.54, 1.807) is 0 Å². The third kappa shape index (κ3) is 4.28. The maximum Gasteiger partial charge on any atom is 0.416 e. The molecule has 2 aromatic carbocycles. The van der Waals surface area contributed by atoms with Crippen LogP contribution < -0.4 is 0 Å². The number of hydrogen-bond donors (Lipinski definition) is 0. The number of imide groups is 1. The van der Waals surface area contributed by atoms with Crippen molar-refractivity contribution in [1.29, 1.82) is 0 Å². The minimum atomic E-state index is -0.466. The van der Waals surface area contributed by atoms with Gasteiger partial charge in [0.05, 0.1) is 6.04 Å². The van der Waals surface area contributed by atoms with Gasteiger partial charge in [-0.3, -0.25) is 4.79 Å². The molecule has 4 atom stereocenters. The molecule has 6 rings (SSSR count). The second-order valence-electron chi connectivity index (χ2n) is 11.3. The van der Waals surface area contributed by atoms with Crippen molar-refractivity contribution in [2.24, 2.45) is 17.8 Å². The first-order valence-electron chi connectivity index (χ1n) is 13.6. The Bertz CT molecular complexity index is 1160. The highest BCUT2D eigenvalue weighted by Crippen LogP contribution is 2.47. The molecular formula is C31H36N2O3. The first kappa shape index (κ1) is 23.5. The Morgan fingerprint density at radius 3 is 2.67 bits per heavy atom. The summed E-state index contributed by atoms with van der Waals surface area (Å²) in [4.78, 5) is 30.3. The van der Waals surface area contributed by atoms with Crippen LogP contribution in [0.3, 0.4) is 0 Å². The molecule has 0 bridgehead atoms. The minimum absolute atomic E-state index is 0.0184. The summed E-state index contributed by atoms with van der Waals surface area (Å²) in [7, 11) is 0. The van der Waals surface area contributed by atoms with Gasteiger partial charge in [0, 0.05) is 17.9 Å². The summed E-state index contributed by atoms with van der Waals surface area (Å²) in [6, 6.07) is 18.7. The van der Waals surface area contributed by atoms with E-state index in [1.807, 2.05) is 30.3 Å². The summed E-state index contributed by atoms with van der Waals surface area (Å²) < 4.78 is 5.36. The lowest BCUT2D eigenvalue weighted by atomic mass is 9.68. The van der Waals surface area contributed by atoms with Gasteiger partial charge in [0.1, 0.15) is 6.61 Å². The maximum absolute atomic E-state index is 13.7. The molecule has 36 heavy (non-hydrogen) atoms. The lowest BCUT2D eigenvalue weighted by Gasteiger charge is -2.45. The van der Waals surface area contributed by atoms with Gasteiger partial charge in [-0.25, -0.2) is 9.69 Å². The molecule has 2 heterocycles. The molecular weight excluding hydrogens is 448 g/mol. The van der Waals surface area contributed by atoms with Crippen LogP contribution in [0.15, 0.2) is 60.7 Å². The zero-order valence-electron chi connectivity index (χ0n) is 21.1. The molecule has 5 nitrogen and oxygen atoms in total. The lowest BCUT2D eigenvalue weighted by molar-refractivity contribution is -0.134. The normalized spacial score (nSPS) is 28.4. The van der Waals surface area contributed by atoms with Crippen molar-refractivity contribution in [2.45, 2.75) is 50.5 Å². The van der Waals surface area contributed by atoms with Crippen molar-refractivity contribution < 1.29 is 14.3 Å². The first-order chi connectivity index (χ1) is 17.5. The number of ether oxygens (including phenoxy) is 1. The van der Waals surface area contributed by atoms with Crippen LogP contribution in [0.25, 0.3) is 6.08 Å². The van der Waals surface area contributed by atoms with E-state index in [-0.39, 0.29) is 29.9 Å². The topological polar surface area (TPSA) is 49.9 Å². The molecule has 2 aliphatic heterocycles. The summed E-state index contributed by atoms with van der Waals surface area (Å²) in [5, 5.41) is 0. The van der Waals surface area contributed by atoms with Crippen molar-refractivity contribution in [3.63, 3.8) is 0 Å². The minimum Gasteiger partial charge on any atom is -0.447 e. The number of piperidine rings is 1. The average molecular weight is 485 g/mol. The second-order valence-corrected chi connectivity index (χ2v) is 11.3. The Morgan fingerprint density at radius 1 is 1.11 bits per heavy atom. The number of fused-ring (bicyclic) bond motifs is 2. The van der Waals surface area contributed by atoms with Crippen molar-refractivity contribution in [1.82, 2.24) is 9.80 Å². The molecule has 5 heteroatoms. The van der Waals surface area contributed by atoms with Crippen molar-refractivity contribution in [3.8, 4) is 0 Å². The molecule has 188 valence electrons. The molecule has 0 aromatic heterocycles. The number of rotatable bonds is 7. The van der Waals surface area contributed by atoms with Crippen LogP contribution >= 0.6 is 0 Å². The molecule has 2 aromatic rings. The smallest absolute Gasteiger partial charge is 0.416 e. The fraction of sp³-hybridized carbons (Fsp3) is 0.484. The number of cyclic esters (lactones) is 1. The number of benzene rings is 2. The van der Waals surface area contributed by atoms with Gasteiger partial charge in [-0.05, 0) is 73.7 Å². The molecule has 4 aliphatic rings. The van der Waals surface area contributed by atoms with Gasteiger partial charge in [-0.15, -0.1) is 0 Å². The third-order valence-electron chi connectivity index (χ3n) is 9.05. The molecule has 2 aliphatic carbocycles. The van der Waals surface area contributed by atoms with Gasteiger partial charge in [0.15, 0.2) is 0 Å².